The second-order valence-corrected chi connectivity index (χ2v) is 6.63. The predicted octanol–water partition coefficient (Wildman–Crippen LogP) is 2.56. The molecule has 1 saturated heterocycles. The molecular weight excluding hydrogens is 322 g/mol. The summed E-state index contributed by atoms with van der Waals surface area (Å²) in [6.45, 7) is 5.53. The number of nitrogens with zero attached hydrogens (tertiary/aromatic N) is 1. The number of ether oxygens (including phenoxy) is 1. The van der Waals surface area contributed by atoms with Crippen LogP contribution in [0.25, 0.3) is 0 Å². The van der Waals surface area contributed by atoms with Gasteiger partial charge in [-0.3, -0.25) is 4.90 Å². The molecule has 0 aromatic heterocycles. The van der Waals surface area contributed by atoms with Crippen molar-refractivity contribution in [2.45, 2.75) is 31.9 Å². The topological polar surface area (TPSA) is 49.8 Å². The quantitative estimate of drug-likeness (QED) is 0.863. The summed E-state index contributed by atoms with van der Waals surface area (Å²) >= 11 is 3.43. The number of likely N-dealkylation sites (tertiary alicyclic amines) is 1. The maximum atomic E-state index is 10.5. The number of hydrogen-bond acceptors (Lipinski definition) is 3. The summed E-state index contributed by atoms with van der Waals surface area (Å²) in [4.78, 5) is 12.9. The number of carboxylic acid groups (broad SMARTS) is 1. The molecule has 4 nitrogen and oxygen atoms in total. The summed E-state index contributed by atoms with van der Waals surface area (Å²) in [5.41, 5.74) is 0.993. The highest BCUT2D eigenvalue weighted by molar-refractivity contribution is 9.10. The van der Waals surface area contributed by atoms with E-state index in [0.717, 1.165) is 24.0 Å². The molecule has 1 unspecified atom stereocenters. The third-order valence-electron chi connectivity index (χ3n) is 3.69. The molecule has 0 amide bonds. The van der Waals surface area contributed by atoms with E-state index in [4.69, 9.17) is 9.84 Å². The highest BCUT2D eigenvalue weighted by atomic mass is 79.9. The van der Waals surface area contributed by atoms with E-state index in [1.165, 1.54) is 5.56 Å². The standard InChI is InChI=1S/C15H20BrNO3/c1-11(7-12-3-5-13(16)6-4-12)17-9-15(2,10-17)20-8-14(18)19/h3-6,11H,7-10H2,1-2H3,(H,18,19). The third kappa shape index (κ3) is 4.04. The van der Waals surface area contributed by atoms with Crippen LogP contribution in [0.1, 0.15) is 19.4 Å². The number of carbonyl (C=O) groups is 1. The summed E-state index contributed by atoms with van der Waals surface area (Å²) < 4.78 is 6.52. The molecule has 0 saturated carbocycles. The minimum Gasteiger partial charge on any atom is -0.480 e. The monoisotopic (exact) mass is 341 g/mol. The van der Waals surface area contributed by atoms with Gasteiger partial charge in [-0.25, -0.2) is 4.79 Å². The minimum absolute atomic E-state index is 0.217. The van der Waals surface area contributed by atoms with Crippen molar-refractivity contribution in [1.29, 1.82) is 0 Å². The summed E-state index contributed by atoms with van der Waals surface area (Å²) in [7, 11) is 0. The van der Waals surface area contributed by atoms with E-state index >= 15 is 0 Å². The first-order valence-electron chi connectivity index (χ1n) is 6.72. The molecule has 0 spiro atoms. The van der Waals surface area contributed by atoms with Gasteiger partial charge >= 0.3 is 5.97 Å². The molecule has 0 radical (unpaired) electrons. The van der Waals surface area contributed by atoms with E-state index in [9.17, 15) is 4.79 Å². The molecule has 1 aromatic carbocycles. The Morgan fingerprint density at radius 1 is 1.45 bits per heavy atom. The number of carboxylic acids is 1. The van der Waals surface area contributed by atoms with Gasteiger partial charge in [0.15, 0.2) is 0 Å². The average molecular weight is 342 g/mol. The van der Waals surface area contributed by atoms with Gasteiger partial charge in [0, 0.05) is 23.6 Å². The van der Waals surface area contributed by atoms with Crippen LogP contribution in [-0.4, -0.2) is 47.3 Å². The fourth-order valence-corrected chi connectivity index (χ4v) is 2.81. The number of rotatable bonds is 6. The molecule has 1 heterocycles. The zero-order valence-corrected chi connectivity index (χ0v) is 13.4. The number of hydrogen-bond donors (Lipinski definition) is 1. The summed E-state index contributed by atoms with van der Waals surface area (Å²) in [5.74, 6) is -0.910. The van der Waals surface area contributed by atoms with Crippen LogP contribution in [0.15, 0.2) is 28.7 Å². The van der Waals surface area contributed by atoms with Crippen molar-refractivity contribution in [3.05, 3.63) is 34.3 Å². The second kappa shape index (κ2) is 6.24. The Hall–Kier alpha value is -0.910. The smallest absolute Gasteiger partial charge is 0.329 e. The summed E-state index contributed by atoms with van der Waals surface area (Å²) in [5, 5.41) is 8.65. The molecule has 1 atom stereocenters. The highest BCUT2D eigenvalue weighted by Gasteiger charge is 2.41. The zero-order chi connectivity index (χ0) is 14.8. The van der Waals surface area contributed by atoms with Crippen LogP contribution in [0.3, 0.4) is 0 Å². The van der Waals surface area contributed by atoms with Gasteiger partial charge in [-0.15, -0.1) is 0 Å². The van der Waals surface area contributed by atoms with Gasteiger partial charge in [-0.1, -0.05) is 28.1 Å². The first-order valence-corrected chi connectivity index (χ1v) is 7.51. The van der Waals surface area contributed by atoms with Gasteiger partial charge < -0.3 is 9.84 Å². The maximum absolute atomic E-state index is 10.5. The summed E-state index contributed by atoms with van der Waals surface area (Å²) in [6.07, 6.45) is 0.988. The van der Waals surface area contributed by atoms with E-state index in [1.807, 2.05) is 6.92 Å². The lowest BCUT2D eigenvalue weighted by Crippen LogP contribution is -2.64. The van der Waals surface area contributed by atoms with Gasteiger partial charge in [-0.05, 0) is 38.0 Å². The molecule has 0 aliphatic carbocycles. The molecular formula is C15H20BrNO3. The molecule has 0 bridgehead atoms. The zero-order valence-electron chi connectivity index (χ0n) is 11.8. The Morgan fingerprint density at radius 3 is 2.60 bits per heavy atom. The number of aliphatic carboxylic acids is 1. The lowest BCUT2D eigenvalue weighted by molar-refractivity contribution is -0.168. The lowest BCUT2D eigenvalue weighted by Gasteiger charge is -2.50. The van der Waals surface area contributed by atoms with Crippen LogP contribution in [0.5, 0.6) is 0 Å². The van der Waals surface area contributed by atoms with E-state index in [2.05, 4.69) is 52.0 Å². The van der Waals surface area contributed by atoms with Crippen LogP contribution in [0, 0.1) is 0 Å². The Labute approximate surface area is 127 Å². The van der Waals surface area contributed by atoms with Crippen molar-refractivity contribution >= 4 is 21.9 Å². The Kier molecular flexibility index (Phi) is 4.83. The molecule has 20 heavy (non-hydrogen) atoms. The van der Waals surface area contributed by atoms with Crippen LogP contribution in [0.2, 0.25) is 0 Å². The molecule has 1 aliphatic heterocycles. The second-order valence-electron chi connectivity index (χ2n) is 5.72. The molecule has 1 fully saturated rings. The predicted molar refractivity (Wildman–Crippen MR) is 80.9 cm³/mol. The van der Waals surface area contributed by atoms with E-state index in [-0.39, 0.29) is 12.2 Å². The fourth-order valence-electron chi connectivity index (χ4n) is 2.54. The fraction of sp³-hybridized carbons (Fsp3) is 0.533. The van der Waals surface area contributed by atoms with E-state index < -0.39 is 5.97 Å². The minimum atomic E-state index is -0.910. The average Bonchev–Trinajstić information content (AvgIpc) is 2.35. The van der Waals surface area contributed by atoms with E-state index in [0.29, 0.717) is 6.04 Å². The first-order chi connectivity index (χ1) is 9.38. The van der Waals surface area contributed by atoms with Crippen LogP contribution in [-0.2, 0) is 16.0 Å². The van der Waals surface area contributed by atoms with Crippen molar-refractivity contribution in [3.63, 3.8) is 0 Å². The van der Waals surface area contributed by atoms with Gasteiger partial charge in [-0.2, -0.15) is 0 Å². The van der Waals surface area contributed by atoms with Gasteiger partial charge in [0.2, 0.25) is 0 Å². The maximum Gasteiger partial charge on any atom is 0.329 e. The highest BCUT2D eigenvalue weighted by Crippen LogP contribution is 2.27. The van der Waals surface area contributed by atoms with Crippen molar-refractivity contribution < 1.29 is 14.6 Å². The van der Waals surface area contributed by atoms with Crippen molar-refractivity contribution in [3.8, 4) is 0 Å². The molecule has 1 aliphatic rings. The van der Waals surface area contributed by atoms with Crippen molar-refractivity contribution in [1.82, 2.24) is 4.90 Å². The molecule has 1 aromatic rings. The largest absolute Gasteiger partial charge is 0.480 e. The van der Waals surface area contributed by atoms with E-state index in [1.54, 1.807) is 0 Å². The van der Waals surface area contributed by atoms with Gasteiger partial charge in [0.05, 0.1) is 5.60 Å². The van der Waals surface area contributed by atoms with Crippen molar-refractivity contribution in [2.24, 2.45) is 0 Å². The molecule has 110 valence electrons. The van der Waals surface area contributed by atoms with Crippen molar-refractivity contribution in [2.75, 3.05) is 19.7 Å². The third-order valence-corrected chi connectivity index (χ3v) is 4.22. The van der Waals surface area contributed by atoms with Crippen LogP contribution >= 0.6 is 15.9 Å². The Balaban J connectivity index is 1.80. The lowest BCUT2D eigenvalue weighted by atomic mass is 9.92. The number of benzene rings is 1. The Morgan fingerprint density at radius 2 is 2.05 bits per heavy atom. The van der Waals surface area contributed by atoms with Gasteiger partial charge in [0.1, 0.15) is 6.61 Å². The summed E-state index contributed by atoms with van der Waals surface area (Å²) in [6, 6.07) is 8.79. The van der Waals surface area contributed by atoms with Gasteiger partial charge in [0.25, 0.3) is 0 Å². The normalized spacial score (nSPS) is 19.4. The first kappa shape index (κ1) is 15.5. The molecule has 1 N–H and O–H groups in total. The SMILES string of the molecule is CC(Cc1ccc(Br)cc1)N1CC(C)(OCC(=O)O)C1. The number of halogens is 1. The molecule has 5 heteroatoms. The van der Waals surface area contributed by atoms with Crippen LogP contribution < -0.4 is 0 Å². The Bertz CT molecular complexity index is 469. The van der Waals surface area contributed by atoms with Crippen LogP contribution in [0.4, 0.5) is 0 Å². The molecule has 2 rings (SSSR count).